The molecule has 9 heteroatoms. The average molecular weight is 537 g/mol. The van der Waals surface area contributed by atoms with Crippen molar-refractivity contribution in [3.63, 3.8) is 0 Å². The number of anilines is 1. The molecule has 200 valence electrons. The van der Waals surface area contributed by atoms with Gasteiger partial charge in [-0.1, -0.05) is 37.6 Å². The number of rotatable bonds is 10. The summed E-state index contributed by atoms with van der Waals surface area (Å²) >= 11 is 0. The molecule has 0 aromatic heterocycles. The highest BCUT2D eigenvalue weighted by atomic mass is 32.2. The second-order valence-electron chi connectivity index (χ2n) is 9.95. The number of nitrogens with one attached hydrogen (secondary N) is 2. The van der Waals surface area contributed by atoms with Crippen LogP contribution in [0, 0.1) is 6.92 Å². The Morgan fingerprint density at radius 2 is 1.76 bits per heavy atom. The van der Waals surface area contributed by atoms with Crippen LogP contribution in [0.3, 0.4) is 0 Å². The van der Waals surface area contributed by atoms with Gasteiger partial charge < -0.3 is 19.9 Å². The van der Waals surface area contributed by atoms with Crippen LogP contribution in [-0.2, 0) is 20.2 Å². The average Bonchev–Trinajstić information content (AvgIpc) is 3.60. The van der Waals surface area contributed by atoms with E-state index >= 15 is 0 Å². The van der Waals surface area contributed by atoms with E-state index in [1.54, 1.807) is 24.3 Å². The molecule has 2 aliphatic rings. The maximum absolute atomic E-state index is 13.4. The van der Waals surface area contributed by atoms with Gasteiger partial charge >= 0.3 is 0 Å². The molecule has 3 aromatic carbocycles. The largest absolute Gasteiger partial charge is 0.454 e. The molecule has 3 aromatic rings. The minimum Gasteiger partial charge on any atom is -0.454 e. The first-order valence-corrected chi connectivity index (χ1v) is 14.3. The molecule has 1 aliphatic heterocycles. The van der Waals surface area contributed by atoms with Gasteiger partial charge in [-0.15, -0.1) is 0 Å². The zero-order chi connectivity index (χ0) is 26.9. The van der Waals surface area contributed by atoms with Crippen molar-refractivity contribution in [2.45, 2.75) is 55.9 Å². The van der Waals surface area contributed by atoms with Crippen LogP contribution in [0.5, 0.6) is 11.5 Å². The van der Waals surface area contributed by atoms with Gasteiger partial charge in [0.1, 0.15) is 0 Å². The highest BCUT2D eigenvalue weighted by molar-refractivity contribution is 7.89. The summed E-state index contributed by atoms with van der Waals surface area (Å²) in [5, 5.41) is 12.6. The van der Waals surface area contributed by atoms with Crippen molar-refractivity contribution in [2.24, 2.45) is 0 Å². The first-order valence-electron chi connectivity index (χ1n) is 12.8. The smallest absolute Gasteiger partial charge is 0.240 e. The van der Waals surface area contributed by atoms with Crippen molar-refractivity contribution in [2.75, 3.05) is 18.7 Å². The molecular formula is C29H32N2O6S. The van der Waals surface area contributed by atoms with Crippen LogP contribution >= 0.6 is 0 Å². The fourth-order valence-electron chi connectivity index (χ4n) is 4.86. The number of carbonyl (C=O) groups excluding carboxylic acids is 1. The molecule has 1 atom stereocenters. The fourth-order valence-corrected chi connectivity index (χ4v) is 6.13. The minimum absolute atomic E-state index is 0.0656. The molecule has 0 saturated heterocycles. The Morgan fingerprint density at radius 1 is 1.03 bits per heavy atom. The molecule has 1 aliphatic carbocycles. The number of fused-ring (bicyclic) bond motifs is 1. The van der Waals surface area contributed by atoms with Crippen LogP contribution in [0.25, 0.3) is 11.1 Å². The Balaban J connectivity index is 1.33. The standard InChI is InChI=1S/C29H32N2O6S/c1-3-4-23(17-32)31-38(34,35)24-10-6-20(7-11-24)25-16-22(9-5-19(25)2)30-28(33)29(13-14-29)21-8-12-26-27(15-21)37-18-36-26/h5-12,15-16,23,31-32H,3-4,13-14,17-18H2,1-2H3,(H,30,33)/t23-/m1/s1. The molecule has 0 spiro atoms. The number of sulfonamides is 1. The normalized spacial score (nSPS) is 16.2. The summed E-state index contributed by atoms with van der Waals surface area (Å²) < 4.78 is 39.0. The van der Waals surface area contributed by atoms with Crippen molar-refractivity contribution >= 4 is 21.6 Å². The minimum atomic E-state index is -3.75. The number of ether oxygens (including phenoxy) is 2. The fraction of sp³-hybridized carbons (Fsp3) is 0.345. The lowest BCUT2D eigenvalue weighted by atomic mass is 9.94. The quantitative estimate of drug-likeness (QED) is 0.352. The number of benzene rings is 3. The van der Waals surface area contributed by atoms with Crippen molar-refractivity contribution < 1.29 is 27.8 Å². The number of hydrogen-bond acceptors (Lipinski definition) is 6. The summed E-state index contributed by atoms with van der Waals surface area (Å²) in [6, 6.07) is 17.5. The summed E-state index contributed by atoms with van der Waals surface area (Å²) in [5.74, 6) is 1.29. The third-order valence-corrected chi connectivity index (χ3v) is 8.80. The van der Waals surface area contributed by atoms with Gasteiger partial charge in [-0.05, 0) is 84.8 Å². The summed E-state index contributed by atoms with van der Waals surface area (Å²) in [4.78, 5) is 13.5. The molecule has 1 fully saturated rings. The summed E-state index contributed by atoms with van der Waals surface area (Å²) in [6.45, 7) is 3.85. The topological polar surface area (TPSA) is 114 Å². The van der Waals surface area contributed by atoms with Gasteiger partial charge in [-0.3, -0.25) is 4.79 Å². The van der Waals surface area contributed by atoms with Gasteiger partial charge in [0, 0.05) is 11.7 Å². The summed E-state index contributed by atoms with van der Waals surface area (Å²) in [7, 11) is -3.75. The Labute approximate surface area is 223 Å². The van der Waals surface area contributed by atoms with Gasteiger partial charge in [-0.25, -0.2) is 13.1 Å². The molecule has 0 bridgehead atoms. The molecule has 1 heterocycles. The third kappa shape index (κ3) is 5.14. The van der Waals surface area contributed by atoms with Crippen LogP contribution in [0.15, 0.2) is 65.6 Å². The van der Waals surface area contributed by atoms with E-state index in [4.69, 9.17) is 9.47 Å². The van der Waals surface area contributed by atoms with E-state index in [0.29, 0.717) is 23.6 Å². The second-order valence-corrected chi connectivity index (χ2v) is 11.7. The lowest BCUT2D eigenvalue weighted by molar-refractivity contribution is -0.118. The lowest BCUT2D eigenvalue weighted by Crippen LogP contribution is -2.37. The molecule has 0 unspecified atom stereocenters. The number of aliphatic hydroxyl groups excluding tert-OH is 1. The Hall–Kier alpha value is -3.40. The molecule has 38 heavy (non-hydrogen) atoms. The van der Waals surface area contributed by atoms with Crippen LogP contribution in [0.2, 0.25) is 0 Å². The molecule has 1 saturated carbocycles. The monoisotopic (exact) mass is 536 g/mol. The maximum Gasteiger partial charge on any atom is 0.240 e. The first-order chi connectivity index (χ1) is 18.3. The second kappa shape index (κ2) is 10.4. The van der Waals surface area contributed by atoms with Gasteiger partial charge in [0.05, 0.1) is 16.9 Å². The van der Waals surface area contributed by atoms with Crippen LogP contribution in [-0.4, -0.2) is 38.9 Å². The zero-order valence-corrected chi connectivity index (χ0v) is 22.3. The lowest BCUT2D eigenvalue weighted by Gasteiger charge is -2.18. The SMILES string of the molecule is CCC[C@H](CO)NS(=O)(=O)c1ccc(-c2cc(NC(=O)C3(c4ccc5c(c4)OCO5)CC3)ccc2C)cc1. The van der Waals surface area contributed by atoms with E-state index in [0.717, 1.165) is 41.5 Å². The first kappa shape index (κ1) is 26.2. The van der Waals surface area contributed by atoms with Gasteiger partial charge in [0.15, 0.2) is 11.5 Å². The molecular weight excluding hydrogens is 504 g/mol. The predicted octanol–water partition coefficient (Wildman–Crippen LogP) is 4.50. The number of carbonyl (C=O) groups is 1. The zero-order valence-electron chi connectivity index (χ0n) is 21.5. The van der Waals surface area contributed by atoms with E-state index in [1.807, 2.05) is 50.2 Å². The molecule has 1 amide bonds. The maximum atomic E-state index is 13.4. The van der Waals surface area contributed by atoms with E-state index in [9.17, 15) is 18.3 Å². The number of aliphatic hydroxyl groups is 1. The summed E-state index contributed by atoms with van der Waals surface area (Å²) in [6.07, 6.45) is 2.84. The van der Waals surface area contributed by atoms with E-state index in [1.165, 1.54) is 0 Å². The van der Waals surface area contributed by atoms with E-state index in [-0.39, 0.29) is 24.2 Å². The summed E-state index contributed by atoms with van der Waals surface area (Å²) in [5.41, 5.74) is 3.73. The Morgan fingerprint density at radius 3 is 2.45 bits per heavy atom. The van der Waals surface area contributed by atoms with Crippen molar-refractivity contribution in [3.05, 3.63) is 71.8 Å². The molecule has 0 radical (unpaired) electrons. The van der Waals surface area contributed by atoms with Crippen molar-refractivity contribution in [1.82, 2.24) is 4.72 Å². The van der Waals surface area contributed by atoms with Gasteiger partial charge in [-0.2, -0.15) is 0 Å². The van der Waals surface area contributed by atoms with Gasteiger partial charge in [0.25, 0.3) is 0 Å². The molecule has 3 N–H and O–H groups in total. The Bertz CT molecular complexity index is 1450. The highest BCUT2D eigenvalue weighted by Crippen LogP contribution is 2.51. The van der Waals surface area contributed by atoms with Crippen LogP contribution in [0.4, 0.5) is 5.69 Å². The number of aryl methyl sites for hydroxylation is 1. The Kier molecular flexibility index (Phi) is 7.17. The van der Waals surface area contributed by atoms with Crippen LogP contribution in [0.1, 0.15) is 43.7 Å². The van der Waals surface area contributed by atoms with E-state index < -0.39 is 21.5 Å². The van der Waals surface area contributed by atoms with Crippen molar-refractivity contribution in [3.8, 4) is 22.6 Å². The molecule has 8 nitrogen and oxygen atoms in total. The van der Waals surface area contributed by atoms with Crippen LogP contribution < -0.4 is 19.5 Å². The molecule has 5 rings (SSSR count). The van der Waals surface area contributed by atoms with Crippen molar-refractivity contribution in [1.29, 1.82) is 0 Å². The number of hydrogen-bond donors (Lipinski definition) is 3. The number of amides is 1. The van der Waals surface area contributed by atoms with Gasteiger partial charge in [0.2, 0.25) is 22.7 Å². The highest BCUT2D eigenvalue weighted by Gasteiger charge is 2.51. The van der Waals surface area contributed by atoms with E-state index in [2.05, 4.69) is 10.0 Å². The third-order valence-electron chi connectivity index (χ3n) is 7.26. The predicted molar refractivity (Wildman–Crippen MR) is 145 cm³/mol.